The molecule has 2 rings (SSSR count). The van der Waals surface area contributed by atoms with E-state index in [1.165, 1.54) is 6.20 Å². The summed E-state index contributed by atoms with van der Waals surface area (Å²) in [6.07, 6.45) is 1.47. The topological polar surface area (TPSA) is 78.2 Å². The fourth-order valence-electron chi connectivity index (χ4n) is 1.89. The predicted octanol–water partition coefficient (Wildman–Crippen LogP) is -0.230. The molecule has 1 fully saturated rings. The van der Waals surface area contributed by atoms with Gasteiger partial charge in [-0.2, -0.15) is 5.10 Å². The van der Waals surface area contributed by atoms with E-state index in [-0.39, 0.29) is 5.91 Å². The molecule has 0 saturated carbocycles. The lowest BCUT2D eigenvalue weighted by molar-refractivity contribution is 0.0638. The number of H-pyrrole nitrogens is 1. The third-order valence-electron chi connectivity index (χ3n) is 2.99. The van der Waals surface area contributed by atoms with Gasteiger partial charge in [0.2, 0.25) is 0 Å². The zero-order chi connectivity index (χ0) is 11.5. The fraction of sp³-hybridized carbons (Fsp3) is 0.600. The second-order valence-electron chi connectivity index (χ2n) is 3.93. The quantitative estimate of drug-likeness (QED) is 0.726. The van der Waals surface area contributed by atoms with E-state index in [0.717, 1.165) is 32.7 Å². The second-order valence-corrected chi connectivity index (χ2v) is 3.93. The van der Waals surface area contributed by atoms with Crippen LogP contribution >= 0.6 is 0 Å². The van der Waals surface area contributed by atoms with Gasteiger partial charge in [-0.05, 0) is 6.54 Å². The van der Waals surface area contributed by atoms with Crippen LogP contribution in [0, 0.1) is 0 Å². The van der Waals surface area contributed by atoms with Crippen molar-refractivity contribution in [2.24, 2.45) is 0 Å². The summed E-state index contributed by atoms with van der Waals surface area (Å²) in [4.78, 5) is 16.2. The molecule has 0 unspecified atom stereocenters. The Kier molecular flexibility index (Phi) is 3.09. The van der Waals surface area contributed by atoms with Crippen LogP contribution in [0.15, 0.2) is 6.20 Å². The molecular formula is C10H17N5O. The first-order chi connectivity index (χ1) is 7.72. The van der Waals surface area contributed by atoms with Crippen LogP contribution in [-0.2, 0) is 0 Å². The molecule has 0 aliphatic carbocycles. The summed E-state index contributed by atoms with van der Waals surface area (Å²) in [7, 11) is 0. The Morgan fingerprint density at radius 2 is 2.19 bits per heavy atom. The van der Waals surface area contributed by atoms with E-state index in [2.05, 4.69) is 22.0 Å². The molecule has 0 bridgehead atoms. The number of nitrogens with two attached hydrogens (primary N) is 1. The number of carbonyl (C=O) groups excluding carboxylic acids is 1. The van der Waals surface area contributed by atoms with Gasteiger partial charge >= 0.3 is 0 Å². The van der Waals surface area contributed by atoms with Crippen LogP contribution in [0.4, 0.5) is 5.69 Å². The number of nitrogens with zero attached hydrogens (tertiary/aromatic N) is 3. The predicted molar refractivity (Wildman–Crippen MR) is 61.0 cm³/mol. The van der Waals surface area contributed by atoms with Gasteiger partial charge in [0.15, 0.2) is 0 Å². The Morgan fingerprint density at radius 1 is 1.50 bits per heavy atom. The number of nitrogens with one attached hydrogen (secondary N) is 1. The normalized spacial score (nSPS) is 17.7. The smallest absolute Gasteiger partial charge is 0.274 e. The Balaban J connectivity index is 2.00. The molecule has 0 atom stereocenters. The molecule has 3 N–H and O–H groups in total. The van der Waals surface area contributed by atoms with Crippen LogP contribution in [0.5, 0.6) is 0 Å². The number of nitrogen functional groups attached to an aromatic ring is 1. The van der Waals surface area contributed by atoms with Crippen molar-refractivity contribution in [2.45, 2.75) is 6.92 Å². The van der Waals surface area contributed by atoms with Crippen LogP contribution < -0.4 is 5.73 Å². The highest BCUT2D eigenvalue weighted by molar-refractivity contribution is 5.97. The van der Waals surface area contributed by atoms with Gasteiger partial charge in [-0.3, -0.25) is 9.89 Å². The number of rotatable bonds is 2. The third kappa shape index (κ3) is 2.01. The molecule has 0 aromatic carbocycles. The van der Waals surface area contributed by atoms with E-state index in [1.807, 2.05) is 4.90 Å². The molecule has 1 saturated heterocycles. The highest BCUT2D eigenvalue weighted by atomic mass is 16.2. The van der Waals surface area contributed by atoms with Gasteiger partial charge in [-0.15, -0.1) is 0 Å². The Bertz CT molecular complexity index is 367. The number of hydrogen-bond acceptors (Lipinski definition) is 4. The molecule has 1 aliphatic heterocycles. The van der Waals surface area contributed by atoms with Gasteiger partial charge in [0.25, 0.3) is 5.91 Å². The summed E-state index contributed by atoms with van der Waals surface area (Å²) in [5, 5.41) is 6.41. The van der Waals surface area contributed by atoms with E-state index in [4.69, 9.17) is 5.73 Å². The fourth-order valence-corrected chi connectivity index (χ4v) is 1.89. The summed E-state index contributed by atoms with van der Waals surface area (Å²) in [5.41, 5.74) is 6.48. The Labute approximate surface area is 94.4 Å². The molecular weight excluding hydrogens is 206 g/mol. The van der Waals surface area contributed by atoms with Crippen LogP contribution in [0.2, 0.25) is 0 Å². The van der Waals surface area contributed by atoms with E-state index < -0.39 is 0 Å². The summed E-state index contributed by atoms with van der Waals surface area (Å²) >= 11 is 0. The molecule has 1 aromatic rings. The molecule has 2 heterocycles. The molecule has 1 amide bonds. The Morgan fingerprint density at radius 3 is 2.69 bits per heavy atom. The number of anilines is 1. The van der Waals surface area contributed by atoms with Crippen molar-refractivity contribution in [1.29, 1.82) is 0 Å². The van der Waals surface area contributed by atoms with Gasteiger partial charge in [-0.1, -0.05) is 6.92 Å². The van der Waals surface area contributed by atoms with Crippen molar-refractivity contribution in [3.63, 3.8) is 0 Å². The highest BCUT2D eigenvalue weighted by Crippen LogP contribution is 2.11. The van der Waals surface area contributed by atoms with Gasteiger partial charge in [0.1, 0.15) is 5.69 Å². The zero-order valence-corrected chi connectivity index (χ0v) is 9.44. The van der Waals surface area contributed by atoms with Crippen molar-refractivity contribution >= 4 is 11.6 Å². The van der Waals surface area contributed by atoms with E-state index in [0.29, 0.717) is 11.4 Å². The number of amides is 1. The van der Waals surface area contributed by atoms with E-state index in [1.54, 1.807) is 0 Å². The van der Waals surface area contributed by atoms with Crippen LogP contribution in [0.3, 0.4) is 0 Å². The summed E-state index contributed by atoms with van der Waals surface area (Å²) in [6.45, 7) is 6.53. The molecule has 88 valence electrons. The number of carbonyl (C=O) groups is 1. The Hall–Kier alpha value is -1.56. The maximum atomic E-state index is 12.0. The van der Waals surface area contributed by atoms with Crippen molar-refractivity contribution in [3.8, 4) is 0 Å². The maximum Gasteiger partial charge on any atom is 0.274 e. The summed E-state index contributed by atoms with van der Waals surface area (Å²) in [6, 6.07) is 0. The number of aromatic nitrogens is 2. The van der Waals surface area contributed by atoms with Crippen molar-refractivity contribution in [1.82, 2.24) is 20.0 Å². The maximum absolute atomic E-state index is 12.0. The van der Waals surface area contributed by atoms with Crippen molar-refractivity contribution < 1.29 is 4.79 Å². The average molecular weight is 223 g/mol. The monoisotopic (exact) mass is 223 g/mol. The van der Waals surface area contributed by atoms with Gasteiger partial charge in [-0.25, -0.2) is 0 Å². The third-order valence-corrected chi connectivity index (χ3v) is 2.99. The SMILES string of the molecule is CCN1CCN(C(=O)c2[nH]ncc2N)CC1. The second kappa shape index (κ2) is 4.52. The first-order valence-electron chi connectivity index (χ1n) is 5.53. The van der Waals surface area contributed by atoms with Crippen molar-refractivity contribution in [2.75, 3.05) is 38.5 Å². The summed E-state index contributed by atoms with van der Waals surface area (Å²) < 4.78 is 0. The minimum Gasteiger partial charge on any atom is -0.396 e. The number of piperazine rings is 1. The van der Waals surface area contributed by atoms with Gasteiger partial charge in [0.05, 0.1) is 11.9 Å². The lowest BCUT2D eigenvalue weighted by atomic mass is 10.2. The lowest BCUT2D eigenvalue weighted by Gasteiger charge is -2.33. The molecule has 16 heavy (non-hydrogen) atoms. The minimum atomic E-state index is -0.0502. The number of likely N-dealkylation sites (N-methyl/N-ethyl adjacent to an activating group) is 1. The van der Waals surface area contributed by atoms with Gasteiger partial charge < -0.3 is 15.5 Å². The summed E-state index contributed by atoms with van der Waals surface area (Å²) in [5.74, 6) is -0.0502. The van der Waals surface area contributed by atoms with E-state index >= 15 is 0 Å². The van der Waals surface area contributed by atoms with E-state index in [9.17, 15) is 4.79 Å². The number of aromatic amines is 1. The van der Waals surface area contributed by atoms with Crippen LogP contribution in [0.25, 0.3) is 0 Å². The molecule has 6 heteroatoms. The van der Waals surface area contributed by atoms with Crippen molar-refractivity contribution in [3.05, 3.63) is 11.9 Å². The molecule has 0 spiro atoms. The first-order valence-corrected chi connectivity index (χ1v) is 5.53. The van der Waals surface area contributed by atoms with Gasteiger partial charge in [0, 0.05) is 26.2 Å². The molecule has 1 aliphatic rings. The highest BCUT2D eigenvalue weighted by Gasteiger charge is 2.23. The lowest BCUT2D eigenvalue weighted by Crippen LogP contribution is -2.48. The largest absolute Gasteiger partial charge is 0.396 e. The molecule has 0 radical (unpaired) electrons. The average Bonchev–Trinajstić information content (AvgIpc) is 2.75. The first kappa shape index (κ1) is 10.9. The van der Waals surface area contributed by atoms with Crippen LogP contribution in [0.1, 0.15) is 17.4 Å². The zero-order valence-electron chi connectivity index (χ0n) is 9.44. The molecule has 1 aromatic heterocycles. The molecule has 6 nitrogen and oxygen atoms in total. The standard InChI is InChI=1S/C10H17N5O/c1-2-14-3-5-15(6-4-14)10(16)9-8(11)7-12-13-9/h7H,2-6,11H2,1H3,(H,12,13). The number of hydrogen-bond donors (Lipinski definition) is 2. The van der Waals surface area contributed by atoms with Crippen LogP contribution in [-0.4, -0.2) is 58.6 Å². The minimum absolute atomic E-state index is 0.0502.